The number of hydrogen-bond acceptors (Lipinski definition) is 5. The number of carbonyl (C=O) groups excluding carboxylic acids is 2. The Balaban J connectivity index is 2.44. The highest BCUT2D eigenvalue weighted by molar-refractivity contribution is 5.81. The lowest BCUT2D eigenvalue weighted by molar-refractivity contribution is -0.168. The minimum atomic E-state index is -1.24. The number of hydrogen-bond donors (Lipinski definition) is 2. The molecule has 0 aliphatic carbocycles. The minimum Gasteiger partial charge on any atom is -0.480 e. The third-order valence-electron chi connectivity index (χ3n) is 3.07. The summed E-state index contributed by atoms with van der Waals surface area (Å²) in [5.74, 6) is -1.63. The van der Waals surface area contributed by atoms with Gasteiger partial charge in [-0.2, -0.15) is 0 Å². The van der Waals surface area contributed by atoms with Gasteiger partial charge in [-0.25, -0.2) is 14.7 Å². The van der Waals surface area contributed by atoms with E-state index in [1.54, 1.807) is 24.3 Å². The van der Waals surface area contributed by atoms with Crippen molar-refractivity contribution >= 4 is 18.0 Å². The lowest BCUT2D eigenvalue weighted by atomic mass is 10.1. The first kappa shape index (κ1) is 18.4. The minimum absolute atomic E-state index is 0.0321. The van der Waals surface area contributed by atoms with Gasteiger partial charge in [0, 0.05) is 13.5 Å². The third kappa shape index (κ3) is 6.79. The molecule has 2 amide bonds. The Bertz CT molecular complexity index is 534. The molecule has 1 aromatic carbocycles. The first-order valence-electron chi connectivity index (χ1n) is 6.94. The largest absolute Gasteiger partial charge is 0.480 e. The molecule has 1 atom stereocenters. The van der Waals surface area contributed by atoms with Crippen molar-refractivity contribution in [2.45, 2.75) is 25.5 Å². The number of nitrogens with zero attached hydrogens (tertiary/aromatic N) is 1. The number of benzene rings is 1. The lowest BCUT2D eigenvalue weighted by Crippen LogP contribution is -2.42. The van der Waals surface area contributed by atoms with E-state index in [0.29, 0.717) is 0 Å². The Morgan fingerprint density at radius 3 is 2.48 bits per heavy atom. The summed E-state index contributed by atoms with van der Waals surface area (Å²) in [7, 11) is 2.74. The maximum Gasteiger partial charge on any atom is 0.408 e. The second-order valence-electron chi connectivity index (χ2n) is 4.71. The molecule has 8 heteroatoms. The molecule has 0 bridgehead atoms. The molecule has 1 unspecified atom stereocenters. The fraction of sp³-hybridized carbons (Fsp3) is 0.400. The summed E-state index contributed by atoms with van der Waals surface area (Å²) in [6.45, 7) is 0.0321. The molecule has 0 saturated carbocycles. The van der Waals surface area contributed by atoms with Crippen LogP contribution >= 0.6 is 0 Å². The van der Waals surface area contributed by atoms with Gasteiger partial charge in [-0.05, 0) is 12.0 Å². The van der Waals surface area contributed by atoms with Crippen LogP contribution in [0.25, 0.3) is 0 Å². The van der Waals surface area contributed by atoms with Gasteiger partial charge in [0.05, 0.1) is 7.11 Å². The number of carboxylic acid groups (broad SMARTS) is 1. The van der Waals surface area contributed by atoms with E-state index in [9.17, 15) is 14.4 Å². The lowest BCUT2D eigenvalue weighted by Gasteiger charge is -2.17. The number of carboxylic acids is 1. The number of rotatable bonds is 8. The van der Waals surface area contributed by atoms with Gasteiger partial charge >= 0.3 is 12.1 Å². The Morgan fingerprint density at radius 1 is 1.26 bits per heavy atom. The van der Waals surface area contributed by atoms with Gasteiger partial charge < -0.3 is 15.2 Å². The SMILES string of the molecule is CON(C)C(=O)CCC(NC(=O)OCc1ccccc1)C(=O)O. The molecule has 0 aliphatic rings. The van der Waals surface area contributed by atoms with Crippen LogP contribution in [0, 0.1) is 0 Å². The molecule has 126 valence electrons. The van der Waals surface area contributed by atoms with Crippen LogP contribution in [0.5, 0.6) is 0 Å². The van der Waals surface area contributed by atoms with Gasteiger partial charge in [-0.15, -0.1) is 0 Å². The zero-order chi connectivity index (χ0) is 17.2. The first-order valence-corrected chi connectivity index (χ1v) is 6.94. The topological polar surface area (TPSA) is 105 Å². The third-order valence-corrected chi connectivity index (χ3v) is 3.07. The number of alkyl carbamates (subject to hydrolysis) is 1. The maximum absolute atomic E-state index is 11.6. The molecule has 0 heterocycles. The van der Waals surface area contributed by atoms with E-state index in [1.165, 1.54) is 14.2 Å². The van der Waals surface area contributed by atoms with Crippen molar-refractivity contribution in [3.8, 4) is 0 Å². The summed E-state index contributed by atoms with van der Waals surface area (Å²) in [6, 6.07) is 7.77. The van der Waals surface area contributed by atoms with E-state index in [-0.39, 0.29) is 19.4 Å². The molecule has 1 aromatic rings. The number of carbonyl (C=O) groups is 3. The highest BCUT2D eigenvalue weighted by Crippen LogP contribution is 2.04. The smallest absolute Gasteiger partial charge is 0.408 e. The van der Waals surface area contributed by atoms with Gasteiger partial charge in [-0.3, -0.25) is 9.63 Å². The summed E-state index contributed by atoms with van der Waals surface area (Å²) < 4.78 is 4.95. The average molecular weight is 324 g/mol. The summed E-state index contributed by atoms with van der Waals surface area (Å²) in [6.07, 6.45) is -1.00. The van der Waals surface area contributed by atoms with Gasteiger partial charge in [0.15, 0.2) is 0 Å². The Labute approximate surface area is 133 Å². The van der Waals surface area contributed by atoms with Crippen molar-refractivity contribution in [1.29, 1.82) is 0 Å². The van der Waals surface area contributed by atoms with Crippen molar-refractivity contribution in [1.82, 2.24) is 10.4 Å². The second kappa shape index (κ2) is 9.42. The second-order valence-corrected chi connectivity index (χ2v) is 4.71. The molecule has 0 aliphatic heterocycles. The molecular weight excluding hydrogens is 304 g/mol. The molecule has 0 spiro atoms. The van der Waals surface area contributed by atoms with Crippen LogP contribution in [0.15, 0.2) is 30.3 Å². The fourth-order valence-electron chi connectivity index (χ4n) is 1.69. The zero-order valence-electron chi connectivity index (χ0n) is 13.0. The molecule has 23 heavy (non-hydrogen) atoms. The van der Waals surface area contributed by atoms with Crippen LogP contribution in [-0.4, -0.2) is 48.3 Å². The predicted octanol–water partition coefficient (Wildman–Crippen LogP) is 1.17. The molecule has 2 N–H and O–H groups in total. The quantitative estimate of drug-likeness (QED) is 0.695. The monoisotopic (exact) mass is 324 g/mol. The zero-order valence-corrected chi connectivity index (χ0v) is 13.0. The molecule has 8 nitrogen and oxygen atoms in total. The number of amides is 2. The predicted molar refractivity (Wildman–Crippen MR) is 80.2 cm³/mol. The number of hydroxylamine groups is 2. The van der Waals surface area contributed by atoms with Crippen molar-refractivity contribution < 1.29 is 29.1 Å². The fourth-order valence-corrected chi connectivity index (χ4v) is 1.69. The molecule has 0 aromatic heterocycles. The van der Waals surface area contributed by atoms with Crippen LogP contribution in [0.2, 0.25) is 0 Å². The van der Waals surface area contributed by atoms with E-state index in [2.05, 4.69) is 5.32 Å². The van der Waals surface area contributed by atoms with E-state index in [0.717, 1.165) is 10.6 Å². The van der Waals surface area contributed by atoms with E-state index >= 15 is 0 Å². The standard InChI is InChI=1S/C15H20N2O6/c1-17(22-2)13(18)9-8-12(14(19)20)16-15(21)23-10-11-6-4-3-5-7-11/h3-7,12H,8-10H2,1-2H3,(H,16,21)(H,19,20). The highest BCUT2D eigenvalue weighted by atomic mass is 16.7. The maximum atomic E-state index is 11.6. The van der Waals surface area contributed by atoms with E-state index in [4.69, 9.17) is 14.7 Å². The van der Waals surface area contributed by atoms with Gasteiger partial charge in [-0.1, -0.05) is 30.3 Å². The molecule has 0 fully saturated rings. The van der Waals surface area contributed by atoms with Crippen LogP contribution < -0.4 is 5.32 Å². The summed E-state index contributed by atoms with van der Waals surface area (Å²) in [5, 5.41) is 12.3. The summed E-state index contributed by atoms with van der Waals surface area (Å²) in [4.78, 5) is 39.0. The number of ether oxygens (including phenoxy) is 1. The summed E-state index contributed by atoms with van der Waals surface area (Å²) in [5.41, 5.74) is 0.784. The van der Waals surface area contributed by atoms with Gasteiger partial charge in [0.2, 0.25) is 5.91 Å². The Kier molecular flexibility index (Phi) is 7.55. The normalized spacial score (nSPS) is 11.4. The van der Waals surface area contributed by atoms with Crippen LogP contribution in [-0.2, 0) is 25.8 Å². The van der Waals surface area contributed by atoms with Crippen molar-refractivity contribution in [2.75, 3.05) is 14.2 Å². The summed E-state index contributed by atoms with van der Waals surface area (Å²) >= 11 is 0. The van der Waals surface area contributed by atoms with E-state index in [1.807, 2.05) is 6.07 Å². The molecule has 0 saturated heterocycles. The molecular formula is C15H20N2O6. The average Bonchev–Trinajstić information content (AvgIpc) is 2.56. The van der Waals surface area contributed by atoms with E-state index < -0.39 is 24.0 Å². The number of nitrogens with one attached hydrogen (secondary N) is 1. The Hall–Kier alpha value is -2.61. The Morgan fingerprint density at radius 2 is 1.91 bits per heavy atom. The van der Waals surface area contributed by atoms with Crippen LogP contribution in [0.3, 0.4) is 0 Å². The highest BCUT2D eigenvalue weighted by Gasteiger charge is 2.22. The molecule has 1 rings (SSSR count). The van der Waals surface area contributed by atoms with Crippen molar-refractivity contribution in [3.63, 3.8) is 0 Å². The van der Waals surface area contributed by atoms with Crippen molar-refractivity contribution in [3.05, 3.63) is 35.9 Å². The van der Waals surface area contributed by atoms with Crippen molar-refractivity contribution in [2.24, 2.45) is 0 Å². The first-order chi connectivity index (χ1) is 10.9. The van der Waals surface area contributed by atoms with Gasteiger partial charge in [0.25, 0.3) is 0 Å². The van der Waals surface area contributed by atoms with Gasteiger partial charge in [0.1, 0.15) is 12.6 Å². The number of aliphatic carboxylic acids is 1. The molecule has 0 radical (unpaired) electrons. The van der Waals surface area contributed by atoms with Crippen LogP contribution in [0.1, 0.15) is 18.4 Å². The van der Waals surface area contributed by atoms with Crippen LogP contribution in [0.4, 0.5) is 4.79 Å².